The van der Waals surface area contributed by atoms with Crippen molar-refractivity contribution in [3.8, 4) is 17.2 Å². The molecule has 1 atom stereocenters. The fourth-order valence-electron chi connectivity index (χ4n) is 4.66. The molecule has 5 rings (SSSR count). The first-order chi connectivity index (χ1) is 19.9. The van der Waals surface area contributed by atoms with Crippen LogP contribution in [0.15, 0.2) is 66.2 Å². The lowest BCUT2D eigenvalue weighted by molar-refractivity contribution is -0.132. The molecule has 1 fully saturated rings. The van der Waals surface area contributed by atoms with Crippen molar-refractivity contribution >= 4 is 55.7 Å². The Hall–Kier alpha value is -4.08. The maximum atomic E-state index is 13.6. The molecule has 1 aromatic heterocycles. The maximum Gasteiger partial charge on any atom is 0.301 e. The molecule has 212 valence electrons. The molecule has 1 saturated heterocycles. The highest BCUT2D eigenvalue weighted by molar-refractivity contribution is 7.22. The highest BCUT2D eigenvalue weighted by Crippen LogP contribution is 2.46. The molecule has 8 nitrogen and oxygen atoms in total. The minimum Gasteiger partial charge on any atom is -0.507 e. The Morgan fingerprint density at radius 2 is 1.71 bits per heavy atom. The lowest BCUT2D eigenvalue weighted by Crippen LogP contribution is -2.29. The summed E-state index contributed by atoms with van der Waals surface area (Å²) in [5.74, 6) is -0.262. The number of hydrogen-bond acceptors (Lipinski definition) is 8. The van der Waals surface area contributed by atoms with E-state index in [0.717, 1.165) is 11.1 Å². The monoisotopic (exact) mass is 592 g/mol. The smallest absolute Gasteiger partial charge is 0.301 e. The van der Waals surface area contributed by atoms with Gasteiger partial charge in [-0.25, -0.2) is 4.98 Å². The highest BCUT2D eigenvalue weighted by Gasteiger charge is 2.48. The Balaban J connectivity index is 1.69. The van der Waals surface area contributed by atoms with Crippen LogP contribution in [-0.4, -0.2) is 41.6 Å². The Labute approximate surface area is 246 Å². The zero-order chi connectivity index (χ0) is 29.1. The van der Waals surface area contributed by atoms with E-state index in [2.05, 4.69) is 4.98 Å². The topological polar surface area (TPSA) is 98.2 Å². The van der Waals surface area contributed by atoms with Gasteiger partial charge in [0.25, 0.3) is 5.78 Å². The third-order valence-electron chi connectivity index (χ3n) is 6.47. The molecule has 4 aromatic rings. The highest BCUT2D eigenvalue weighted by atomic mass is 35.5. The van der Waals surface area contributed by atoms with E-state index in [1.165, 1.54) is 16.2 Å². The summed E-state index contributed by atoms with van der Waals surface area (Å²) >= 11 is 7.43. The summed E-state index contributed by atoms with van der Waals surface area (Å²) in [6, 6.07) is 16.2. The molecule has 41 heavy (non-hydrogen) atoms. The van der Waals surface area contributed by atoms with Gasteiger partial charge in [-0.2, -0.15) is 0 Å². The molecule has 0 aliphatic carbocycles. The zero-order valence-electron chi connectivity index (χ0n) is 22.8. The summed E-state index contributed by atoms with van der Waals surface area (Å²) in [6.07, 6.45) is 0.817. The number of benzene rings is 3. The van der Waals surface area contributed by atoms with Crippen molar-refractivity contribution < 1.29 is 28.9 Å². The SMILES string of the molecule is CCCOc1ccc(C2/C(=C(\O)c3ccc(OCC)cc3)C(=O)C(=O)N2c2nc3ccc(Cl)cc3s2)cc1OCC. The van der Waals surface area contributed by atoms with E-state index < -0.39 is 17.7 Å². The van der Waals surface area contributed by atoms with Gasteiger partial charge in [0.2, 0.25) is 0 Å². The second kappa shape index (κ2) is 12.2. The van der Waals surface area contributed by atoms with Crippen LogP contribution in [0.1, 0.15) is 44.4 Å². The molecule has 1 aliphatic rings. The summed E-state index contributed by atoms with van der Waals surface area (Å²) in [5.41, 5.74) is 1.52. The fourth-order valence-corrected chi connectivity index (χ4v) is 5.93. The third-order valence-corrected chi connectivity index (χ3v) is 7.73. The third kappa shape index (κ3) is 5.60. The number of thiazole rings is 1. The molecule has 1 unspecified atom stereocenters. The van der Waals surface area contributed by atoms with Crippen LogP contribution in [0.3, 0.4) is 0 Å². The summed E-state index contributed by atoms with van der Waals surface area (Å²) in [7, 11) is 0. The molecule has 3 aromatic carbocycles. The Morgan fingerprint density at radius 1 is 0.951 bits per heavy atom. The molecule has 0 radical (unpaired) electrons. The number of carbonyl (C=O) groups is 2. The molecule has 0 bridgehead atoms. The number of hydrogen-bond donors (Lipinski definition) is 1. The number of aliphatic hydroxyl groups excluding tert-OH is 1. The minimum atomic E-state index is -0.975. The van der Waals surface area contributed by atoms with E-state index in [4.69, 9.17) is 25.8 Å². The number of aliphatic hydroxyl groups is 1. The molecule has 2 heterocycles. The maximum absolute atomic E-state index is 13.6. The van der Waals surface area contributed by atoms with E-state index in [1.54, 1.807) is 60.7 Å². The molecule has 10 heteroatoms. The van der Waals surface area contributed by atoms with Gasteiger partial charge >= 0.3 is 5.91 Å². The molecule has 0 spiro atoms. The lowest BCUT2D eigenvalue weighted by Gasteiger charge is -2.24. The zero-order valence-corrected chi connectivity index (χ0v) is 24.4. The van der Waals surface area contributed by atoms with E-state index >= 15 is 0 Å². The van der Waals surface area contributed by atoms with Crippen LogP contribution in [-0.2, 0) is 9.59 Å². The molecule has 0 saturated carbocycles. The first kappa shape index (κ1) is 28.4. The number of Topliss-reactive ketones (excluding diaryl/α,β-unsaturated/α-hetero) is 1. The number of ether oxygens (including phenoxy) is 3. The largest absolute Gasteiger partial charge is 0.507 e. The number of nitrogens with zero attached hydrogens (tertiary/aromatic N) is 2. The van der Waals surface area contributed by atoms with Gasteiger partial charge in [-0.15, -0.1) is 0 Å². The van der Waals surface area contributed by atoms with Gasteiger partial charge < -0.3 is 19.3 Å². The average Bonchev–Trinajstić information content (AvgIpc) is 3.50. The molecular weight excluding hydrogens is 564 g/mol. The summed E-state index contributed by atoms with van der Waals surface area (Å²) in [4.78, 5) is 33.2. The van der Waals surface area contributed by atoms with Crippen molar-refractivity contribution in [1.82, 2.24) is 4.98 Å². The minimum absolute atomic E-state index is 0.0545. The van der Waals surface area contributed by atoms with Crippen molar-refractivity contribution in [2.75, 3.05) is 24.7 Å². The number of amides is 1. The quantitative estimate of drug-likeness (QED) is 0.118. The van der Waals surface area contributed by atoms with Crippen LogP contribution < -0.4 is 19.1 Å². The number of aromatic nitrogens is 1. The number of fused-ring (bicyclic) bond motifs is 1. The number of anilines is 1. The summed E-state index contributed by atoms with van der Waals surface area (Å²) in [6.45, 7) is 7.13. The first-order valence-electron chi connectivity index (χ1n) is 13.4. The average molecular weight is 593 g/mol. The van der Waals surface area contributed by atoms with Crippen molar-refractivity contribution in [3.05, 3.63) is 82.4 Å². The molecule has 1 amide bonds. The summed E-state index contributed by atoms with van der Waals surface area (Å²) in [5, 5.41) is 12.3. The van der Waals surface area contributed by atoms with Gasteiger partial charge in [-0.05, 0) is 80.4 Å². The van der Waals surface area contributed by atoms with Crippen LogP contribution in [0.4, 0.5) is 5.13 Å². The number of carbonyl (C=O) groups excluding carboxylic acids is 2. The normalized spacial score (nSPS) is 16.4. The summed E-state index contributed by atoms with van der Waals surface area (Å²) < 4.78 is 18.0. The standard InChI is InChI=1S/C31H29ClN2O6S/c1-4-15-40-23-14-9-19(16-24(23)39-6-3)27-26(28(35)18-7-11-21(12-8-18)38-5-2)29(36)30(37)34(27)31-33-22-13-10-20(32)17-25(22)41-31/h7-14,16-17,27,35H,4-6,15H2,1-3H3/b28-26+. The molecule has 1 aliphatic heterocycles. The van der Waals surface area contributed by atoms with E-state index in [-0.39, 0.29) is 11.3 Å². The van der Waals surface area contributed by atoms with Gasteiger partial charge in [0, 0.05) is 10.6 Å². The van der Waals surface area contributed by atoms with Crippen LogP contribution in [0.2, 0.25) is 5.02 Å². The Morgan fingerprint density at radius 3 is 2.41 bits per heavy atom. The predicted molar refractivity (Wildman–Crippen MR) is 160 cm³/mol. The van der Waals surface area contributed by atoms with Gasteiger partial charge in [-0.1, -0.05) is 35.9 Å². The van der Waals surface area contributed by atoms with Gasteiger partial charge in [-0.3, -0.25) is 14.5 Å². The second-order valence-corrected chi connectivity index (χ2v) is 10.7. The molecule has 1 N–H and O–H groups in total. The number of halogens is 1. The van der Waals surface area contributed by atoms with Crippen molar-refractivity contribution in [3.63, 3.8) is 0 Å². The van der Waals surface area contributed by atoms with E-state index in [9.17, 15) is 14.7 Å². The molecular formula is C31H29ClN2O6S. The van der Waals surface area contributed by atoms with Crippen LogP contribution in [0.25, 0.3) is 16.0 Å². The van der Waals surface area contributed by atoms with Crippen LogP contribution in [0, 0.1) is 0 Å². The lowest BCUT2D eigenvalue weighted by atomic mass is 9.95. The van der Waals surface area contributed by atoms with Crippen molar-refractivity contribution in [1.29, 1.82) is 0 Å². The van der Waals surface area contributed by atoms with Gasteiger partial charge in [0.1, 0.15) is 11.5 Å². The Kier molecular flexibility index (Phi) is 8.46. The number of ketones is 1. The van der Waals surface area contributed by atoms with E-state index in [1.807, 2.05) is 20.8 Å². The first-order valence-corrected chi connectivity index (χ1v) is 14.6. The Bertz CT molecular complexity index is 1630. The second-order valence-electron chi connectivity index (χ2n) is 9.22. The van der Waals surface area contributed by atoms with Gasteiger partial charge in [0.15, 0.2) is 16.6 Å². The predicted octanol–water partition coefficient (Wildman–Crippen LogP) is 7.16. The number of rotatable bonds is 10. The van der Waals surface area contributed by atoms with Gasteiger partial charge in [0.05, 0.1) is 41.7 Å². The van der Waals surface area contributed by atoms with Crippen molar-refractivity contribution in [2.24, 2.45) is 0 Å². The van der Waals surface area contributed by atoms with Crippen LogP contribution >= 0.6 is 22.9 Å². The fraction of sp³-hybridized carbons (Fsp3) is 0.258. The van der Waals surface area contributed by atoms with Crippen LogP contribution in [0.5, 0.6) is 17.2 Å². The van der Waals surface area contributed by atoms with Crippen molar-refractivity contribution in [2.45, 2.75) is 33.2 Å². The van der Waals surface area contributed by atoms with E-state index in [0.29, 0.717) is 63.9 Å².